The molecule has 8 unspecified atom stereocenters. The van der Waals surface area contributed by atoms with Crippen molar-refractivity contribution < 1.29 is 179 Å². The standard InChI is InChI=1S/C73H123N5O37P2/c1-42-30-54(58(111-42)38-109-116(6,99)100)115-117(7,101)110-37-46-31-53(102-5)33-78(46)60(92)15-14-52(90)32-73(39-103-24-17-47(85)10-8-12-49(87)19-27-106-70-61(75-43(2)82)67(96)64(93)55(34-79)112-70,40-104-25-18-48(86)11-9-13-50(88)20-28-107-71-62(76-44(3)83)68(97)65(94)56(35-80)113-71)41-105-26-22-59(91)74-23-16-51(89)21-29-108-72-63(77-45(4)84)69(98)66(95)57(36-81)114-72/h42,46,53-58,61-72,79-81,93-98,101H,7-41H2,1-6H3,(H,74,91)(H,75,82)(H,76,83)(H,77,84)(H,99,100)/t42-,46-,53+,54-,55?,56?,57?,58+,61?,62?,63?,64-,65-,66-,67+,68+,69+,70+,71+,72+,73?,117?/m0/s1. The van der Waals surface area contributed by atoms with Crippen molar-refractivity contribution in [3.8, 4) is 0 Å². The molecule has 0 aliphatic carbocycles. The maximum Gasteiger partial charge on any atom is 0.325 e. The lowest BCUT2D eigenvalue weighted by atomic mass is 9.84. The van der Waals surface area contributed by atoms with Crippen LogP contribution in [0.1, 0.15) is 143 Å². The van der Waals surface area contributed by atoms with Crippen LogP contribution >= 0.6 is 15.2 Å². The number of hydrogen-bond donors (Lipinski definition) is 15. The van der Waals surface area contributed by atoms with E-state index in [1.807, 2.05) is 0 Å². The molecule has 0 aromatic rings. The molecule has 117 heavy (non-hydrogen) atoms. The van der Waals surface area contributed by atoms with E-state index in [0.717, 1.165) is 13.6 Å². The zero-order valence-electron chi connectivity index (χ0n) is 67.2. The molecule has 5 aliphatic rings. The van der Waals surface area contributed by atoms with Crippen LogP contribution in [-0.2, 0) is 123 Å². The van der Waals surface area contributed by atoms with Gasteiger partial charge in [-0.15, -0.1) is 0 Å². The number of ketones is 6. The van der Waals surface area contributed by atoms with E-state index in [1.165, 1.54) is 25.9 Å². The van der Waals surface area contributed by atoms with Gasteiger partial charge in [0.25, 0.3) is 0 Å². The molecule has 5 heterocycles. The first kappa shape index (κ1) is 102. The predicted octanol–water partition coefficient (Wildman–Crippen LogP) is -4.11. The molecule has 44 heteroatoms. The highest BCUT2D eigenvalue weighted by molar-refractivity contribution is 7.58. The van der Waals surface area contributed by atoms with Crippen molar-refractivity contribution in [1.82, 2.24) is 26.2 Å². The van der Waals surface area contributed by atoms with Crippen LogP contribution in [0.5, 0.6) is 0 Å². The molecule has 5 amide bonds. The molecular weight excluding hydrogens is 1600 g/mol. The average molecular weight is 1720 g/mol. The zero-order chi connectivity index (χ0) is 86.7. The second-order valence-electron chi connectivity index (χ2n) is 30.0. The number of rotatable bonds is 58. The molecule has 0 bridgehead atoms. The number of amides is 5. The minimum Gasteiger partial charge on any atom is -0.394 e. The monoisotopic (exact) mass is 1720 g/mol. The molecule has 5 aliphatic heterocycles. The van der Waals surface area contributed by atoms with E-state index in [9.17, 15) is 113 Å². The van der Waals surface area contributed by atoms with Gasteiger partial charge in [0.15, 0.2) is 18.9 Å². The number of nitrogens with one attached hydrogen (secondary N) is 4. The Morgan fingerprint density at radius 3 is 1.29 bits per heavy atom. The molecule has 15 N–H and O–H groups in total. The largest absolute Gasteiger partial charge is 0.394 e. The van der Waals surface area contributed by atoms with Gasteiger partial charge in [-0.05, 0) is 32.5 Å². The summed E-state index contributed by atoms with van der Waals surface area (Å²) in [6.07, 6.45) is -18.2. The van der Waals surface area contributed by atoms with E-state index in [-0.39, 0.29) is 230 Å². The fraction of sp³-hybridized carbons (Fsp3) is 0.836. The Morgan fingerprint density at radius 1 is 0.496 bits per heavy atom. The summed E-state index contributed by atoms with van der Waals surface area (Å²) in [4.78, 5) is 166. The average Bonchev–Trinajstić information content (AvgIpc) is 1.33. The maximum absolute atomic E-state index is 14.5. The molecule has 5 fully saturated rings. The van der Waals surface area contributed by atoms with Crippen molar-refractivity contribution in [2.45, 2.75) is 266 Å². The van der Waals surface area contributed by atoms with Gasteiger partial charge in [-0.3, -0.25) is 57.3 Å². The van der Waals surface area contributed by atoms with E-state index in [1.54, 1.807) is 6.92 Å². The van der Waals surface area contributed by atoms with Crippen molar-refractivity contribution in [2.24, 2.45) is 5.41 Å². The molecule has 0 aromatic heterocycles. The summed E-state index contributed by atoms with van der Waals surface area (Å²) < 4.78 is 92.1. The van der Waals surface area contributed by atoms with Gasteiger partial charge in [0.1, 0.15) is 114 Å². The number of carbonyl (C=O) groups is 11. The second-order valence-corrected chi connectivity index (χ2v) is 33.6. The van der Waals surface area contributed by atoms with Gasteiger partial charge in [-0.2, -0.15) is 0 Å². The maximum atomic E-state index is 14.5. The molecule has 0 aromatic carbocycles. The van der Waals surface area contributed by atoms with E-state index in [0.29, 0.717) is 0 Å². The van der Waals surface area contributed by atoms with Gasteiger partial charge in [0.2, 0.25) is 37.1 Å². The molecule has 5 rings (SSSR count). The normalized spacial score (nSPS) is 29.5. The van der Waals surface area contributed by atoms with Crippen molar-refractivity contribution in [1.29, 1.82) is 0 Å². The van der Waals surface area contributed by atoms with Gasteiger partial charge in [-0.25, -0.2) is 0 Å². The third-order valence-corrected chi connectivity index (χ3v) is 21.7. The molecule has 22 atom stereocenters. The third kappa shape index (κ3) is 36.5. The summed E-state index contributed by atoms with van der Waals surface area (Å²) in [5, 5.41) is 102. The zero-order valence-corrected chi connectivity index (χ0v) is 69.0. The van der Waals surface area contributed by atoms with Crippen LogP contribution in [-0.4, -0.2) is 373 Å². The van der Waals surface area contributed by atoms with Gasteiger partial charge in [0.05, 0.1) is 117 Å². The van der Waals surface area contributed by atoms with Crippen LogP contribution < -0.4 is 21.3 Å². The number of hydrogen-bond acceptors (Lipinski definition) is 36. The lowest BCUT2D eigenvalue weighted by molar-refractivity contribution is -0.269. The molecule has 0 spiro atoms. The van der Waals surface area contributed by atoms with Gasteiger partial charge < -0.3 is 148 Å². The highest BCUT2D eigenvalue weighted by atomic mass is 31.2. The number of carbonyl (C=O) groups excluding carboxylic acids is 11. The minimum absolute atomic E-state index is 0.0615. The number of likely N-dealkylation sites (tertiary alicyclic amines) is 1. The Morgan fingerprint density at radius 2 is 0.897 bits per heavy atom. The Bertz CT molecular complexity index is 3040. The summed E-state index contributed by atoms with van der Waals surface area (Å²) in [5.41, 5.74) is -1.49. The van der Waals surface area contributed by atoms with E-state index >= 15 is 0 Å². The minimum atomic E-state index is -3.92. The van der Waals surface area contributed by atoms with Crippen LogP contribution in [0, 0.1) is 5.41 Å². The summed E-state index contributed by atoms with van der Waals surface area (Å²) >= 11 is 0. The van der Waals surface area contributed by atoms with Crippen LogP contribution in [0.2, 0.25) is 0 Å². The van der Waals surface area contributed by atoms with E-state index in [2.05, 4.69) is 27.6 Å². The Labute approximate surface area is 678 Å². The van der Waals surface area contributed by atoms with Crippen LogP contribution in [0.3, 0.4) is 0 Å². The highest BCUT2D eigenvalue weighted by Gasteiger charge is 2.49. The number of nitrogens with zero attached hydrogens (tertiary/aromatic N) is 1. The Hall–Kier alpha value is -5.10. The van der Waals surface area contributed by atoms with Crippen molar-refractivity contribution in [3.63, 3.8) is 0 Å². The van der Waals surface area contributed by atoms with Crippen molar-refractivity contribution >= 4 is 85.7 Å². The number of Topliss-reactive ketones (excluding diaryl/α,β-unsaturated/α-hetero) is 6. The molecule has 672 valence electrons. The van der Waals surface area contributed by atoms with E-state index in [4.69, 9.17) is 65.7 Å². The SMILES string of the molecule is C=P(O)(OC[C@@H]1C[C@@H](OC)CN1C(=O)CCC(=O)CC(COCCC(=O)CCCC(=O)CCO[C@@H]1OC(CO)[C@H](O)[C@H](O)C1NC(C)=O)(COCCC(=O)CCCC(=O)CCO[C@@H]1OC(CO)[C@H](O)[C@H](O)C1NC(C)=O)COCCC(=O)NCCC(=O)CCO[C@@H]1OC(CO)[C@H](O)[C@H](O)C1NC(C)=O)O[C@H]1C[C@H](C)O[C@@H]1COP(C)(=O)O. The van der Waals surface area contributed by atoms with Crippen molar-refractivity contribution in [2.75, 3.05) is 119 Å². The number of methoxy groups -OCH3 is 1. The van der Waals surface area contributed by atoms with Crippen LogP contribution in [0.4, 0.5) is 0 Å². The third-order valence-electron chi connectivity index (χ3n) is 19.9. The number of aliphatic hydroxyl groups excluding tert-OH is 9. The van der Waals surface area contributed by atoms with E-state index < -0.39 is 198 Å². The predicted molar refractivity (Wildman–Crippen MR) is 404 cm³/mol. The molecule has 0 radical (unpaired) electrons. The number of ether oxygens (including phenoxy) is 11. The quantitative estimate of drug-likeness (QED) is 0.0203. The van der Waals surface area contributed by atoms with Crippen molar-refractivity contribution in [3.05, 3.63) is 0 Å². The van der Waals surface area contributed by atoms with Crippen LogP contribution in [0.25, 0.3) is 0 Å². The van der Waals surface area contributed by atoms with Gasteiger partial charge >= 0.3 is 7.60 Å². The first-order valence-corrected chi connectivity index (χ1v) is 42.9. The molecule has 5 saturated heterocycles. The Balaban J connectivity index is 1.26. The first-order valence-electron chi connectivity index (χ1n) is 39.2. The van der Waals surface area contributed by atoms with Crippen LogP contribution in [0.15, 0.2) is 0 Å². The fourth-order valence-corrected chi connectivity index (χ4v) is 15.2. The molecule has 0 saturated carbocycles. The summed E-state index contributed by atoms with van der Waals surface area (Å²) in [5.74, 6) is -5.00. The highest BCUT2D eigenvalue weighted by Crippen LogP contribution is 2.48. The Kier molecular flexibility index (Phi) is 45.3. The summed E-state index contributed by atoms with van der Waals surface area (Å²) in [6.45, 7) is 0.819. The number of aliphatic hydroxyl groups is 9. The fourth-order valence-electron chi connectivity index (χ4n) is 13.6. The summed E-state index contributed by atoms with van der Waals surface area (Å²) in [7, 11) is -6.38. The van der Waals surface area contributed by atoms with Gasteiger partial charge in [-0.1, -0.05) is 0 Å². The second kappa shape index (κ2) is 51.7. The van der Waals surface area contributed by atoms with Gasteiger partial charge in [0, 0.05) is 149 Å². The smallest absolute Gasteiger partial charge is 0.325 e. The molecule has 42 nitrogen and oxygen atoms in total. The lowest BCUT2D eigenvalue weighted by Crippen LogP contribution is -2.64. The molecular formula is C73H123N5O37P2. The lowest BCUT2D eigenvalue weighted by Gasteiger charge is -2.42. The topological polar surface area (TPSA) is 608 Å². The summed E-state index contributed by atoms with van der Waals surface area (Å²) in [6, 6.07) is -4.43. The first-order chi connectivity index (χ1) is 55.3.